The number of hydrogen-bond donors (Lipinski definition) is 0. The predicted octanol–water partition coefficient (Wildman–Crippen LogP) is 3.17. The molecule has 3 nitrogen and oxygen atoms in total. The molecule has 102 valence electrons. The van der Waals surface area contributed by atoms with E-state index in [-0.39, 0.29) is 11.5 Å². The van der Waals surface area contributed by atoms with Crippen LogP contribution in [0, 0.1) is 12.7 Å². The maximum absolute atomic E-state index is 13.8. The lowest BCUT2D eigenvalue weighted by atomic mass is 10.1. The summed E-state index contributed by atoms with van der Waals surface area (Å²) in [5.41, 5.74) is 1.81. The normalized spacial score (nSPS) is 13.6. The van der Waals surface area contributed by atoms with E-state index in [0.29, 0.717) is 24.6 Å². The lowest BCUT2D eigenvalue weighted by Crippen LogP contribution is -2.38. The van der Waals surface area contributed by atoms with Crippen molar-refractivity contribution in [2.75, 3.05) is 18.1 Å². The van der Waals surface area contributed by atoms with Crippen molar-refractivity contribution in [3.8, 4) is 5.75 Å². The fourth-order valence-electron chi connectivity index (χ4n) is 2.32. The molecule has 2 aromatic carbocycles. The van der Waals surface area contributed by atoms with Crippen LogP contribution in [0.4, 0.5) is 10.1 Å². The summed E-state index contributed by atoms with van der Waals surface area (Å²) in [5, 5.41) is 0. The zero-order chi connectivity index (χ0) is 14.1. The zero-order valence-electron chi connectivity index (χ0n) is 11.1. The van der Waals surface area contributed by atoms with Gasteiger partial charge < -0.3 is 9.64 Å². The van der Waals surface area contributed by atoms with Gasteiger partial charge in [-0.2, -0.15) is 0 Å². The predicted molar refractivity (Wildman–Crippen MR) is 74.8 cm³/mol. The Kier molecular flexibility index (Phi) is 3.14. The van der Waals surface area contributed by atoms with Crippen molar-refractivity contribution in [3.05, 3.63) is 59.4 Å². The van der Waals surface area contributed by atoms with E-state index in [9.17, 15) is 9.18 Å². The van der Waals surface area contributed by atoms with Crippen LogP contribution in [0.3, 0.4) is 0 Å². The van der Waals surface area contributed by atoms with Crippen molar-refractivity contribution in [2.45, 2.75) is 6.92 Å². The molecule has 2 aromatic rings. The quantitative estimate of drug-likeness (QED) is 0.797. The number of nitrogens with zero attached hydrogens (tertiary/aromatic N) is 1. The second kappa shape index (κ2) is 4.96. The number of halogens is 1. The number of rotatable bonds is 1. The van der Waals surface area contributed by atoms with Gasteiger partial charge in [0, 0.05) is 0 Å². The standard InChI is InChI=1S/C16H14FNO2/c1-11-6-7-15-14(10-11)18(8-9-20-15)16(19)12-4-2-3-5-13(12)17/h2-7,10H,8-9H2,1H3. The molecule has 0 bridgehead atoms. The van der Waals surface area contributed by atoms with E-state index in [2.05, 4.69) is 0 Å². The minimum absolute atomic E-state index is 0.0851. The van der Waals surface area contributed by atoms with Crippen LogP contribution in [0.1, 0.15) is 15.9 Å². The molecule has 0 radical (unpaired) electrons. The van der Waals surface area contributed by atoms with E-state index in [1.807, 2.05) is 25.1 Å². The molecule has 1 aliphatic heterocycles. The summed E-state index contributed by atoms with van der Waals surface area (Å²) in [6.07, 6.45) is 0. The highest BCUT2D eigenvalue weighted by Gasteiger charge is 2.26. The smallest absolute Gasteiger partial charge is 0.261 e. The molecular weight excluding hydrogens is 257 g/mol. The third-order valence-electron chi connectivity index (χ3n) is 3.33. The second-order valence-corrected chi connectivity index (χ2v) is 4.76. The first-order valence-corrected chi connectivity index (χ1v) is 6.46. The number of anilines is 1. The van der Waals surface area contributed by atoms with E-state index in [4.69, 9.17) is 4.74 Å². The number of ether oxygens (including phenoxy) is 1. The second-order valence-electron chi connectivity index (χ2n) is 4.76. The number of carbonyl (C=O) groups is 1. The maximum atomic E-state index is 13.8. The number of fused-ring (bicyclic) bond motifs is 1. The molecule has 3 rings (SSSR count). The lowest BCUT2D eigenvalue weighted by Gasteiger charge is -2.30. The van der Waals surface area contributed by atoms with Gasteiger partial charge in [0.2, 0.25) is 0 Å². The monoisotopic (exact) mass is 271 g/mol. The molecule has 0 spiro atoms. The molecule has 4 heteroatoms. The fraction of sp³-hybridized carbons (Fsp3) is 0.188. The van der Waals surface area contributed by atoms with Crippen LogP contribution in [0.15, 0.2) is 42.5 Å². The Morgan fingerprint density at radius 1 is 1.25 bits per heavy atom. The van der Waals surface area contributed by atoms with Gasteiger partial charge in [-0.15, -0.1) is 0 Å². The van der Waals surface area contributed by atoms with Crippen molar-refractivity contribution in [3.63, 3.8) is 0 Å². The van der Waals surface area contributed by atoms with Gasteiger partial charge in [-0.1, -0.05) is 18.2 Å². The van der Waals surface area contributed by atoms with Crippen molar-refractivity contribution in [1.82, 2.24) is 0 Å². The van der Waals surface area contributed by atoms with E-state index >= 15 is 0 Å². The average Bonchev–Trinajstić information content (AvgIpc) is 2.46. The van der Waals surface area contributed by atoms with Crippen LogP contribution in [0.2, 0.25) is 0 Å². The number of benzene rings is 2. The molecule has 0 aromatic heterocycles. The molecule has 0 atom stereocenters. The summed E-state index contributed by atoms with van der Waals surface area (Å²) in [6.45, 7) is 2.78. The highest BCUT2D eigenvalue weighted by Crippen LogP contribution is 2.33. The molecule has 1 heterocycles. The number of aryl methyl sites for hydroxylation is 1. The summed E-state index contributed by atoms with van der Waals surface area (Å²) in [7, 11) is 0. The highest BCUT2D eigenvalue weighted by atomic mass is 19.1. The van der Waals surface area contributed by atoms with Crippen LogP contribution >= 0.6 is 0 Å². The maximum Gasteiger partial charge on any atom is 0.261 e. The summed E-state index contributed by atoms with van der Waals surface area (Å²) in [5.74, 6) is -0.178. The van der Waals surface area contributed by atoms with Crippen LogP contribution < -0.4 is 9.64 Å². The van der Waals surface area contributed by atoms with Gasteiger partial charge in [-0.05, 0) is 36.8 Å². The lowest BCUT2D eigenvalue weighted by molar-refractivity contribution is 0.0972. The largest absolute Gasteiger partial charge is 0.490 e. The molecule has 0 aliphatic carbocycles. The van der Waals surface area contributed by atoms with E-state index in [0.717, 1.165) is 5.56 Å². The van der Waals surface area contributed by atoms with Crippen LogP contribution in [0.5, 0.6) is 5.75 Å². The van der Waals surface area contributed by atoms with Gasteiger partial charge in [0.25, 0.3) is 5.91 Å². The van der Waals surface area contributed by atoms with Crippen LogP contribution in [0.25, 0.3) is 0 Å². The van der Waals surface area contributed by atoms with Crippen LogP contribution in [-0.4, -0.2) is 19.1 Å². The molecule has 20 heavy (non-hydrogen) atoms. The Bertz CT molecular complexity index is 669. The molecular formula is C16H14FNO2. The molecule has 0 N–H and O–H groups in total. The minimum Gasteiger partial charge on any atom is -0.490 e. The molecule has 0 unspecified atom stereocenters. The van der Waals surface area contributed by atoms with E-state index < -0.39 is 5.82 Å². The molecule has 1 aliphatic rings. The Hall–Kier alpha value is -2.36. The highest BCUT2D eigenvalue weighted by molar-refractivity contribution is 6.07. The summed E-state index contributed by atoms with van der Waals surface area (Å²) < 4.78 is 19.3. The zero-order valence-corrected chi connectivity index (χ0v) is 11.1. The Morgan fingerprint density at radius 2 is 2.05 bits per heavy atom. The van der Waals surface area contributed by atoms with Crippen molar-refractivity contribution >= 4 is 11.6 Å². The molecule has 1 amide bonds. The van der Waals surface area contributed by atoms with Gasteiger partial charge >= 0.3 is 0 Å². The summed E-state index contributed by atoms with van der Waals surface area (Å²) in [6, 6.07) is 11.7. The van der Waals surface area contributed by atoms with Crippen molar-refractivity contribution < 1.29 is 13.9 Å². The Labute approximate surface area is 116 Å². The topological polar surface area (TPSA) is 29.5 Å². The van der Waals surface area contributed by atoms with Gasteiger partial charge in [0.1, 0.15) is 18.2 Å². The van der Waals surface area contributed by atoms with Crippen molar-refractivity contribution in [1.29, 1.82) is 0 Å². The van der Waals surface area contributed by atoms with E-state index in [1.165, 1.54) is 12.1 Å². The van der Waals surface area contributed by atoms with Gasteiger partial charge in [0.05, 0.1) is 17.8 Å². The van der Waals surface area contributed by atoms with Gasteiger partial charge in [-0.25, -0.2) is 4.39 Å². The first-order chi connectivity index (χ1) is 9.66. The summed E-state index contributed by atoms with van der Waals surface area (Å²) >= 11 is 0. The fourth-order valence-corrected chi connectivity index (χ4v) is 2.32. The third kappa shape index (κ3) is 2.13. The molecule has 0 saturated carbocycles. The Morgan fingerprint density at radius 3 is 2.85 bits per heavy atom. The number of amides is 1. The SMILES string of the molecule is Cc1ccc2c(c1)N(C(=O)c1ccccc1F)CCO2. The van der Waals surface area contributed by atoms with Crippen molar-refractivity contribution in [2.24, 2.45) is 0 Å². The first-order valence-electron chi connectivity index (χ1n) is 6.46. The molecule has 0 saturated heterocycles. The number of hydrogen-bond acceptors (Lipinski definition) is 2. The van der Waals surface area contributed by atoms with Gasteiger partial charge in [0.15, 0.2) is 0 Å². The average molecular weight is 271 g/mol. The minimum atomic E-state index is -0.502. The third-order valence-corrected chi connectivity index (χ3v) is 3.33. The number of carbonyl (C=O) groups excluding carboxylic acids is 1. The van der Waals surface area contributed by atoms with E-state index in [1.54, 1.807) is 17.0 Å². The first kappa shape index (κ1) is 12.7. The Balaban J connectivity index is 2.03. The molecule has 0 fully saturated rings. The van der Waals surface area contributed by atoms with Crippen LogP contribution in [-0.2, 0) is 0 Å². The van der Waals surface area contributed by atoms with Gasteiger partial charge in [-0.3, -0.25) is 4.79 Å². The summed E-state index contributed by atoms with van der Waals surface area (Å²) in [4.78, 5) is 14.1.